The fourth-order valence-corrected chi connectivity index (χ4v) is 2.24. The molecule has 0 N–H and O–H groups in total. The average molecular weight is 268 g/mol. The van der Waals surface area contributed by atoms with E-state index in [1.807, 2.05) is 20.8 Å². The Balaban J connectivity index is 2.80. The van der Waals surface area contributed by atoms with Crippen molar-refractivity contribution >= 4 is 11.9 Å². The number of carbonyl (C=O) groups excluding carboxylic acids is 2. The van der Waals surface area contributed by atoms with Crippen molar-refractivity contribution in [2.24, 2.45) is 5.41 Å². The minimum atomic E-state index is -0.653. The van der Waals surface area contributed by atoms with Gasteiger partial charge in [-0.2, -0.15) is 0 Å². The molecule has 0 heterocycles. The first-order valence-corrected chi connectivity index (χ1v) is 6.88. The lowest BCUT2D eigenvalue weighted by Gasteiger charge is -2.28. The summed E-state index contributed by atoms with van der Waals surface area (Å²) in [4.78, 5) is 23.7. The van der Waals surface area contributed by atoms with Gasteiger partial charge in [0, 0.05) is 6.08 Å². The molecule has 1 fully saturated rings. The zero-order valence-corrected chi connectivity index (χ0v) is 12.3. The first-order chi connectivity index (χ1) is 8.79. The molecule has 0 bridgehead atoms. The summed E-state index contributed by atoms with van der Waals surface area (Å²) in [5.41, 5.74) is -1.16. The third-order valence-corrected chi connectivity index (χ3v) is 3.13. The topological polar surface area (TPSA) is 52.6 Å². The number of carbonyl (C=O) groups is 2. The van der Waals surface area contributed by atoms with E-state index in [0.717, 1.165) is 25.7 Å². The fourth-order valence-electron chi connectivity index (χ4n) is 2.24. The van der Waals surface area contributed by atoms with Gasteiger partial charge in [0.05, 0.1) is 12.0 Å². The maximum atomic E-state index is 12.3. The van der Waals surface area contributed by atoms with Crippen LogP contribution in [0.2, 0.25) is 0 Å². The van der Waals surface area contributed by atoms with Crippen molar-refractivity contribution in [3.8, 4) is 0 Å². The zero-order chi connectivity index (χ0) is 14.5. The highest BCUT2D eigenvalue weighted by molar-refractivity contribution is 5.85. The molecule has 1 aliphatic carbocycles. The van der Waals surface area contributed by atoms with Crippen LogP contribution in [0.25, 0.3) is 0 Å². The van der Waals surface area contributed by atoms with Crippen LogP contribution in [0.15, 0.2) is 12.2 Å². The first-order valence-electron chi connectivity index (χ1n) is 6.88. The first kappa shape index (κ1) is 15.7. The van der Waals surface area contributed by atoms with Gasteiger partial charge in [-0.3, -0.25) is 4.79 Å². The van der Waals surface area contributed by atoms with Crippen LogP contribution in [0.5, 0.6) is 0 Å². The van der Waals surface area contributed by atoms with Gasteiger partial charge in [-0.1, -0.05) is 18.9 Å². The minimum absolute atomic E-state index is 0.238. The molecule has 0 aromatic carbocycles. The number of ether oxygens (including phenoxy) is 2. The van der Waals surface area contributed by atoms with Crippen molar-refractivity contribution < 1.29 is 19.1 Å². The molecule has 0 atom stereocenters. The molecule has 4 nitrogen and oxygen atoms in total. The zero-order valence-electron chi connectivity index (χ0n) is 12.3. The Morgan fingerprint density at radius 1 is 1.21 bits per heavy atom. The highest BCUT2D eigenvalue weighted by atomic mass is 16.6. The maximum absolute atomic E-state index is 12.3. The van der Waals surface area contributed by atoms with Gasteiger partial charge < -0.3 is 9.47 Å². The second-order valence-electron chi connectivity index (χ2n) is 5.95. The van der Waals surface area contributed by atoms with E-state index in [9.17, 15) is 9.59 Å². The van der Waals surface area contributed by atoms with Gasteiger partial charge in [0.25, 0.3) is 0 Å². The standard InChI is InChI=1S/C15H24O4/c1-5-18-12(16)8-11-15(9-6-7-10-15)13(17)19-14(2,3)4/h8,11H,5-7,9-10H2,1-4H3/b11-8+. The monoisotopic (exact) mass is 268 g/mol. The molecule has 0 amide bonds. The Morgan fingerprint density at radius 3 is 2.26 bits per heavy atom. The SMILES string of the molecule is CCOC(=O)/C=C/C1(C(=O)OC(C)(C)C)CCCC1. The van der Waals surface area contributed by atoms with E-state index in [2.05, 4.69) is 0 Å². The average Bonchev–Trinajstić information content (AvgIpc) is 2.74. The normalized spacial score (nSPS) is 18.5. The van der Waals surface area contributed by atoms with Crippen molar-refractivity contribution in [1.29, 1.82) is 0 Å². The molecule has 0 aromatic heterocycles. The molecule has 0 spiro atoms. The van der Waals surface area contributed by atoms with Crippen LogP contribution in [0, 0.1) is 5.41 Å². The van der Waals surface area contributed by atoms with Crippen molar-refractivity contribution in [2.75, 3.05) is 6.61 Å². The highest BCUT2D eigenvalue weighted by Gasteiger charge is 2.42. The van der Waals surface area contributed by atoms with Gasteiger partial charge in [0.2, 0.25) is 0 Å². The number of rotatable bonds is 4. The van der Waals surface area contributed by atoms with E-state index >= 15 is 0 Å². The summed E-state index contributed by atoms with van der Waals surface area (Å²) in [7, 11) is 0. The lowest BCUT2D eigenvalue weighted by molar-refractivity contribution is -0.164. The summed E-state index contributed by atoms with van der Waals surface area (Å²) in [5.74, 6) is -0.643. The molecule has 0 unspecified atom stereocenters. The van der Waals surface area contributed by atoms with Crippen LogP contribution in [0.1, 0.15) is 53.4 Å². The predicted octanol–water partition coefficient (Wildman–Crippen LogP) is 3.01. The van der Waals surface area contributed by atoms with Crippen LogP contribution in [0.3, 0.4) is 0 Å². The molecule has 1 aliphatic rings. The van der Waals surface area contributed by atoms with Gasteiger partial charge in [0.15, 0.2) is 0 Å². The minimum Gasteiger partial charge on any atom is -0.463 e. The third-order valence-electron chi connectivity index (χ3n) is 3.13. The van der Waals surface area contributed by atoms with Gasteiger partial charge in [-0.15, -0.1) is 0 Å². The Bertz CT molecular complexity index is 357. The third kappa shape index (κ3) is 4.69. The Morgan fingerprint density at radius 2 is 1.79 bits per heavy atom. The molecule has 108 valence electrons. The number of hydrogen-bond acceptors (Lipinski definition) is 4. The van der Waals surface area contributed by atoms with E-state index in [-0.39, 0.29) is 5.97 Å². The van der Waals surface area contributed by atoms with Crippen molar-refractivity contribution in [3.63, 3.8) is 0 Å². The summed E-state index contributed by atoms with van der Waals surface area (Å²) >= 11 is 0. The smallest absolute Gasteiger partial charge is 0.330 e. The summed E-state index contributed by atoms with van der Waals surface area (Å²) < 4.78 is 10.3. The molecular weight excluding hydrogens is 244 g/mol. The summed E-state index contributed by atoms with van der Waals surface area (Å²) in [5, 5.41) is 0. The van der Waals surface area contributed by atoms with Gasteiger partial charge in [0.1, 0.15) is 5.60 Å². The van der Waals surface area contributed by atoms with E-state index in [1.165, 1.54) is 6.08 Å². The van der Waals surface area contributed by atoms with Crippen LogP contribution in [-0.4, -0.2) is 24.1 Å². The van der Waals surface area contributed by atoms with Crippen LogP contribution >= 0.6 is 0 Å². The molecule has 4 heteroatoms. The predicted molar refractivity (Wildman–Crippen MR) is 72.5 cm³/mol. The molecule has 0 aliphatic heterocycles. The van der Waals surface area contributed by atoms with Crippen LogP contribution in [0.4, 0.5) is 0 Å². The molecule has 0 radical (unpaired) electrons. The molecule has 0 aromatic rings. The van der Waals surface area contributed by atoms with E-state index in [1.54, 1.807) is 13.0 Å². The highest BCUT2D eigenvalue weighted by Crippen LogP contribution is 2.41. The molecule has 19 heavy (non-hydrogen) atoms. The van der Waals surface area contributed by atoms with Gasteiger partial charge >= 0.3 is 11.9 Å². The second kappa shape index (κ2) is 6.22. The lowest BCUT2D eigenvalue weighted by atomic mass is 9.85. The van der Waals surface area contributed by atoms with Crippen LogP contribution < -0.4 is 0 Å². The molecule has 1 rings (SSSR count). The molecule has 0 saturated heterocycles. The van der Waals surface area contributed by atoms with Crippen molar-refractivity contribution in [3.05, 3.63) is 12.2 Å². The van der Waals surface area contributed by atoms with Gasteiger partial charge in [-0.05, 0) is 40.5 Å². The number of esters is 2. The lowest BCUT2D eigenvalue weighted by Crippen LogP contribution is -2.35. The summed E-state index contributed by atoms with van der Waals surface area (Å²) in [6, 6.07) is 0. The number of hydrogen-bond donors (Lipinski definition) is 0. The Labute approximate surface area is 115 Å². The summed E-state index contributed by atoms with van der Waals surface area (Å²) in [6.45, 7) is 7.64. The Kier molecular flexibility index (Phi) is 5.15. The van der Waals surface area contributed by atoms with Crippen LogP contribution in [-0.2, 0) is 19.1 Å². The maximum Gasteiger partial charge on any atom is 0.330 e. The van der Waals surface area contributed by atoms with Crippen molar-refractivity contribution in [2.45, 2.75) is 59.0 Å². The quantitative estimate of drug-likeness (QED) is 0.581. The fraction of sp³-hybridized carbons (Fsp3) is 0.733. The Hall–Kier alpha value is -1.32. The second-order valence-corrected chi connectivity index (χ2v) is 5.95. The molecular formula is C15H24O4. The molecule has 1 saturated carbocycles. The van der Waals surface area contributed by atoms with E-state index < -0.39 is 17.0 Å². The largest absolute Gasteiger partial charge is 0.463 e. The van der Waals surface area contributed by atoms with E-state index in [0.29, 0.717) is 6.61 Å². The summed E-state index contributed by atoms with van der Waals surface area (Å²) in [6.07, 6.45) is 6.46. The van der Waals surface area contributed by atoms with E-state index in [4.69, 9.17) is 9.47 Å². The van der Waals surface area contributed by atoms with Crippen molar-refractivity contribution in [1.82, 2.24) is 0 Å². The van der Waals surface area contributed by atoms with Gasteiger partial charge in [-0.25, -0.2) is 4.79 Å².